The van der Waals surface area contributed by atoms with Crippen molar-refractivity contribution < 1.29 is 19.1 Å². The molecule has 0 spiro atoms. The summed E-state index contributed by atoms with van der Waals surface area (Å²) in [6.07, 6.45) is -0.763. The van der Waals surface area contributed by atoms with Crippen LogP contribution in [0.1, 0.15) is 23.3 Å². The maximum atomic E-state index is 13.0. The zero-order chi connectivity index (χ0) is 19.4. The molecule has 6 heteroatoms. The molecule has 142 valence electrons. The van der Waals surface area contributed by atoms with Crippen LogP contribution in [0, 0.1) is 0 Å². The fourth-order valence-electron chi connectivity index (χ4n) is 3.67. The first-order chi connectivity index (χ1) is 13.1. The number of esters is 2. The second kappa shape index (κ2) is 8.33. The second-order valence-electron chi connectivity index (χ2n) is 6.52. The number of hydrogen-bond donors (Lipinski definition) is 1. The van der Waals surface area contributed by atoms with E-state index in [1.165, 1.54) is 7.11 Å². The van der Waals surface area contributed by atoms with Crippen molar-refractivity contribution in [2.75, 3.05) is 21.2 Å². The average molecular weight is 368 g/mol. The highest BCUT2D eigenvalue weighted by atomic mass is 16.6. The number of cyclic esters (lactones) is 1. The van der Waals surface area contributed by atoms with Crippen molar-refractivity contribution in [3.63, 3.8) is 0 Å². The summed E-state index contributed by atoms with van der Waals surface area (Å²) in [5.41, 5.74) is 1.66. The second-order valence-corrected chi connectivity index (χ2v) is 6.52. The Kier molecular flexibility index (Phi) is 5.88. The first kappa shape index (κ1) is 19.1. The largest absolute Gasteiger partial charge is 0.468 e. The first-order valence-electron chi connectivity index (χ1n) is 8.86. The smallest absolute Gasteiger partial charge is 0.327 e. The standard InChI is InChI=1S/C21H24N2O4/c1-22-16-17(14-10-6-4-7-11-14)23(2)18(21(25)26-3)19(27-20(16)24)15-12-8-5-9-13-15/h4-13,16-19,22H,1-3H3/t16-,17-,18-,19+/m0/s1. The van der Waals surface area contributed by atoms with Gasteiger partial charge in [0.15, 0.2) is 12.1 Å². The van der Waals surface area contributed by atoms with Gasteiger partial charge in [0.2, 0.25) is 0 Å². The van der Waals surface area contributed by atoms with Crippen LogP contribution in [0.3, 0.4) is 0 Å². The number of carbonyl (C=O) groups is 2. The van der Waals surface area contributed by atoms with E-state index in [4.69, 9.17) is 9.47 Å². The van der Waals surface area contributed by atoms with Gasteiger partial charge >= 0.3 is 11.9 Å². The van der Waals surface area contributed by atoms with Crippen LogP contribution in [0.4, 0.5) is 0 Å². The van der Waals surface area contributed by atoms with Crippen LogP contribution in [-0.4, -0.2) is 50.1 Å². The van der Waals surface area contributed by atoms with Crippen molar-refractivity contribution >= 4 is 11.9 Å². The number of benzene rings is 2. The zero-order valence-electron chi connectivity index (χ0n) is 15.7. The van der Waals surface area contributed by atoms with Gasteiger partial charge in [-0.05, 0) is 25.2 Å². The molecule has 3 rings (SSSR count). The van der Waals surface area contributed by atoms with Gasteiger partial charge < -0.3 is 14.8 Å². The number of methoxy groups -OCH3 is 1. The van der Waals surface area contributed by atoms with Gasteiger partial charge in [-0.2, -0.15) is 0 Å². The summed E-state index contributed by atoms with van der Waals surface area (Å²) in [5, 5.41) is 3.05. The van der Waals surface area contributed by atoms with Gasteiger partial charge in [-0.1, -0.05) is 60.7 Å². The molecule has 2 aromatic rings. The van der Waals surface area contributed by atoms with E-state index in [1.807, 2.05) is 72.6 Å². The third-order valence-electron chi connectivity index (χ3n) is 5.00. The van der Waals surface area contributed by atoms with Crippen LogP contribution in [0.15, 0.2) is 60.7 Å². The summed E-state index contributed by atoms with van der Waals surface area (Å²) in [6, 6.07) is 17.1. The van der Waals surface area contributed by atoms with Crippen molar-refractivity contribution in [1.82, 2.24) is 10.2 Å². The van der Waals surface area contributed by atoms with Crippen molar-refractivity contribution in [2.24, 2.45) is 0 Å². The van der Waals surface area contributed by atoms with E-state index in [-0.39, 0.29) is 6.04 Å². The summed E-state index contributed by atoms with van der Waals surface area (Å²) in [4.78, 5) is 27.5. The number of rotatable bonds is 4. The summed E-state index contributed by atoms with van der Waals surface area (Å²) in [5.74, 6) is -0.852. The molecule has 2 aromatic carbocycles. The molecule has 1 fully saturated rings. The third-order valence-corrected chi connectivity index (χ3v) is 5.00. The number of carbonyl (C=O) groups excluding carboxylic acids is 2. The summed E-state index contributed by atoms with van der Waals surface area (Å²) < 4.78 is 10.9. The highest BCUT2D eigenvalue weighted by molar-refractivity contribution is 5.82. The molecule has 0 saturated carbocycles. The van der Waals surface area contributed by atoms with Gasteiger partial charge in [-0.25, -0.2) is 0 Å². The van der Waals surface area contributed by atoms with Gasteiger partial charge in [0.25, 0.3) is 0 Å². The molecule has 1 saturated heterocycles. The van der Waals surface area contributed by atoms with Crippen molar-refractivity contribution in [1.29, 1.82) is 0 Å². The van der Waals surface area contributed by atoms with Crippen molar-refractivity contribution in [3.05, 3.63) is 71.8 Å². The average Bonchev–Trinajstić information content (AvgIpc) is 2.82. The van der Waals surface area contributed by atoms with Crippen LogP contribution in [0.2, 0.25) is 0 Å². The minimum atomic E-state index is -0.773. The van der Waals surface area contributed by atoms with Crippen LogP contribution < -0.4 is 5.32 Å². The molecule has 0 aliphatic carbocycles. The normalized spacial score (nSPS) is 26.1. The molecule has 1 heterocycles. The van der Waals surface area contributed by atoms with Crippen LogP contribution in [-0.2, 0) is 19.1 Å². The van der Waals surface area contributed by atoms with E-state index in [2.05, 4.69) is 5.32 Å². The Labute approximate surface area is 159 Å². The Morgan fingerprint density at radius 2 is 1.59 bits per heavy atom. The lowest BCUT2D eigenvalue weighted by Gasteiger charge is -2.35. The number of likely N-dealkylation sites (N-methyl/N-ethyl adjacent to an activating group) is 2. The predicted octanol–water partition coefficient (Wildman–Crippen LogP) is 2.09. The quantitative estimate of drug-likeness (QED) is 0.834. The molecule has 0 aromatic heterocycles. The van der Waals surface area contributed by atoms with E-state index in [1.54, 1.807) is 7.05 Å². The van der Waals surface area contributed by atoms with Crippen molar-refractivity contribution in [2.45, 2.75) is 24.2 Å². The fourth-order valence-corrected chi connectivity index (χ4v) is 3.67. The highest BCUT2D eigenvalue weighted by Gasteiger charge is 2.47. The Hall–Kier alpha value is -2.70. The Morgan fingerprint density at radius 3 is 2.11 bits per heavy atom. The SMILES string of the molecule is CN[C@@H]1C(=O)O[C@H](c2ccccc2)[C@@H](C(=O)OC)N(C)[C@H]1c1ccccc1. The molecule has 1 aliphatic rings. The minimum absolute atomic E-state index is 0.387. The van der Waals surface area contributed by atoms with Gasteiger partial charge in [-0.15, -0.1) is 0 Å². The van der Waals surface area contributed by atoms with Gasteiger partial charge in [0, 0.05) is 0 Å². The maximum Gasteiger partial charge on any atom is 0.327 e. The number of nitrogens with zero attached hydrogens (tertiary/aromatic N) is 1. The first-order valence-corrected chi connectivity index (χ1v) is 8.86. The number of hydrogen-bond acceptors (Lipinski definition) is 6. The molecular formula is C21H24N2O4. The molecule has 0 unspecified atom stereocenters. The van der Waals surface area contributed by atoms with E-state index < -0.39 is 30.1 Å². The summed E-state index contributed by atoms with van der Waals surface area (Å²) in [7, 11) is 4.88. The summed E-state index contributed by atoms with van der Waals surface area (Å²) in [6.45, 7) is 0. The molecule has 4 atom stereocenters. The van der Waals surface area contributed by atoms with E-state index in [9.17, 15) is 9.59 Å². The van der Waals surface area contributed by atoms with Crippen LogP contribution >= 0.6 is 0 Å². The monoisotopic (exact) mass is 368 g/mol. The van der Waals surface area contributed by atoms with Gasteiger partial charge in [0.1, 0.15) is 6.04 Å². The molecule has 0 radical (unpaired) electrons. The highest BCUT2D eigenvalue weighted by Crippen LogP contribution is 2.36. The van der Waals surface area contributed by atoms with E-state index in [0.717, 1.165) is 11.1 Å². The molecule has 0 bridgehead atoms. The fraction of sp³-hybridized carbons (Fsp3) is 0.333. The van der Waals surface area contributed by atoms with Crippen LogP contribution in [0.5, 0.6) is 0 Å². The van der Waals surface area contributed by atoms with E-state index in [0.29, 0.717) is 0 Å². The molecule has 0 amide bonds. The van der Waals surface area contributed by atoms with Crippen LogP contribution in [0.25, 0.3) is 0 Å². The van der Waals surface area contributed by atoms with E-state index >= 15 is 0 Å². The van der Waals surface area contributed by atoms with Gasteiger partial charge in [-0.3, -0.25) is 14.5 Å². The Balaban J connectivity index is 2.12. The van der Waals surface area contributed by atoms with Crippen molar-refractivity contribution in [3.8, 4) is 0 Å². The Morgan fingerprint density at radius 1 is 1.04 bits per heavy atom. The topological polar surface area (TPSA) is 67.9 Å². The Bertz CT molecular complexity index is 781. The molecule has 6 nitrogen and oxygen atoms in total. The molecule has 1 aliphatic heterocycles. The minimum Gasteiger partial charge on any atom is -0.468 e. The lowest BCUT2D eigenvalue weighted by atomic mass is 9.95. The molecule has 1 N–H and O–H groups in total. The molecule has 27 heavy (non-hydrogen) atoms. The third kappa shape index (κ3) is 3.72. The number of nitrogens with one attached hydrogen (secondary N) is 1. The maximum absolute atomic E-state index is 13.0. The predicted molar refractivity (Wildman–Crippen MR) is 101 cm³/mol. The lowest BCUT2D eigenvalue weighted by molar-refractivity contribution is -0.158. The zero-order valence-corrected chi connectivity index (χ0v) is 15.7. The lowest BCUT2D eigenvalue weighted by Crippen LogP contribution is -2.49. The molecular weight excluding hydrogens is 344 g/mol. The summed E-state index contributed by atoms with van der Waals surface area (Å²) >= 11 is 0. The number of ether oxygens (including phenoxy) is 2. The van der Waals surface area contributed by atoms with Gasteiger partial charge in [0.05, 0.1) is 13.2 Å².